The number of hydrogen-bond donors (Lipinski definition) is 0. The van der Waals surface area contributed by atoms with Crippen LogP contribution in [0.1, 0.15) is 25.8 Å². The Bertz CT molecular complexity index is 362. The first-order valence-corrected chi connectivity index (χ1v) is 6.00. The van der Waals surface area contributed by atoms with E-state index in [2.05, 4.69) is 36.9 Å². The lowest BCUT2D eigenvalue weighted by Gasteiger charge is -2.26. The maximum atomic E-state index is 6.15. The van der Waals surface area contributed by atoms with Gasteiger partial charge in [0.15, 0.2) is 0 Å². The van der Waals surface area contributed by atoms with E-state index < -0.39 is 0 Å². The van der Waals surface area contributed by atoms with Crippen molar-refractivity contribution in [2.24, 2.45) is 5.92 Å². The summed E-state index contributed by atoms with van der Waals surface area (Å²) in [7, 11) is 0. The molecule has 1 aromatic rings. The average Bonchev–Trinajstić information content (AvgIpc) is 2.53. The van der Waals surface area contributed by atoms with Crippen LogP contribution in [0.3, 0.4) is 0 Å². The number of nitrogens with zero attached hydrogens (tertiary/aromatic N) is 1. The molecule has 0 saturated carbocycles. The summed E-state index contributed by atoms with van der Waals surface area (Å²) in [6.07, 6.45) is 1.28. The lowest BCUT2D eigenvalue weighted by molar-refractivity contribution is 0.546. The molecule has 0 N–H and O–H groups in total. The molecule has 1 fully saturated rings. The van der Waals surface area contributed by atoms with E-state index in [1.165, 1.54) is 12.1 Å². The molecule has 0 aliphatic carbocycles. The van der Waals surface area contributed by atoms with Gasteiger partial charge in [-0.25, -0.2) is 0 Å². The minimum Gasteiger partial charge on any atom is -0.369 e. The zero-order valence-electron chi connectivity index (χ0n) is 9.63. The minimum absolute atomic E-state index is 0.628. The van der Waals surface area contributed by atoms with E-state index in [0.717, 1.165) is 23.0 Å². The van der Waals surface area contributed by atoms with Gasteiger partial charge in [0.25, 0.3) is 0 Å². The van der Waals surface area contributed by atoms with Gasteiger partial charge in [0, 0.05) is 23.3 Å². The van der Waals surface area contributed by atoms with Gasteiger partial charge in [0.1, 0.15) is 0 Å². The van der Waals surface area contributed by atoms with Crippen molar-refractivity contribution in [3.05, 3.63) is 28.8 Å². The summed E-state index contributed by atoms with van der Waals surface area (Å²) >= 11 is 6.15. The highest BCUT2D eigenvalue weighted by molar-refractivity contribution is 6.31. The molecule has 2 rings (SSSR count). The van der Waals surface area contributed by atoms with Gasteiger partial charge < -0.3 is 4.90 Å². The van der Waals surface area contributed by atoms with Crippen LogP contribution in [0.25, 0.3) is 0 Å². The van der Waals surface area contributed by atoms with Gasteiger partial charge >= 0.3 is 0 Å². The van der Waals surface area contributed by atoms with Crippen LogP contribution >= 0.6 is 11.6 Å². The molecule has 1 unspecified atom stereocenters. The Labute approximate surface area is 97.0 Å². The fraction of sp³-hybridized carbons (Fsp3) is 0.538. The third-order valence-electron chi connectivity index (χ3n) is 3.63. The van der Waals surface area contributed by atoms with E-state index in [1.54, 1.807) is 0 Å². The summed E-state index contributed by atoms with van der Waals surface area (Å²) in [5, 5.41) is 0.874. The number of halogens is 1. The van der Waals surface area contributed by atoms with Crippen LogP contribution in [0.2, 0.25) is 5.02 Å². The predicted molar refractivity (Wildman–Crippen MR) is 66.8 cm³/mol. The summed E-state index contributed by atoms with van der Waals surface area (Å²) in [6, 6.07) is 7.00. The van der Waals surface area contributed by atoms with Crippen molar-refractivity contribution in [1.29, 1.82) is 0 Å². The second-order valence-electron chi connectivity index (χ2n) is 4.63. The van der Waals surface area contributed by atoms with Crippen molar-refractivity contribution in [3.8, 4) is 0 Å². The molecule has 2 heteroatoms. The summed E-state index contributed by atoms with van der Waals surface area (Å²) in [5.41, 5.74) is 2.42. The first-order chi connectivity index (χ1) is 7.09. The average molecular weight is 224 g/mol. The van der Waals surface area contributed by atoms with E-state index in [9.17, 15) is 0 Å². The highest BCUT2D eigenvalue weighted by Crippen LogP contribution is 2.31. The third kappa shape index (κ3) is 1.98. The molecular formula is C13H18ClN. The molecule has 1 heterocycles. The minimum atomic E-state index is 0.628. The fourth-order valence-corrected chi connectivity index (χ4v) is 2.39. The second kappa shape index (κ2) is 4.05. The molecule has 1 aliphatic rings. The van der Waals surface area contributed by atoms with Crippen LogP contribution in [-0.4, -0.2) is 12.6 Å². The van der Waals surface area contributed by atoms with E-state index in [4.69, 9.17) is 11.6 Å². The first-order valence-electron chi connectivity index (χ1n) is 5.62. The Balaban J connectivity index is 2.26. The SMILES string of the molecule is Cc1ccc(N2CCC(C)[C@@H]2C)cc1Cl. The number of hydrogen-bond acceptors (Lipinski definition) is 1. The summed E-state index contributed by atoms with van der Waals surface area (Å²) in [5.74, 6) is 0.782. The van der Waals surface area contributed by atoms with Gasteiger partial charge in [-0.05, 0) is 43.9 Å². The van der Waals surface area contributed by atoms with Gasteiger partial charge in [-0.2, -0.15) is 0 Å². The first kappa shape index (κ1) is 10.8. The molecule has 0 amide bonds. The summed E-state index contributed by atoms with van der Waals surface area (Å²) in [6.45, 7) is 7.82. The van der Waals surface area contributed by atoms with Crippen LogP contribution < -0.4 is 4.90 Å². The van der Waals surface area contributed by atoms with Crippen LogP contribution in [-0.2, 0) is 0 Å². The Kier molecular flexibility index (Phi) is 2.92. The lowest BCUT2D eigenvalue weighted by atomic mass is 10.1. The number of benzene rings is 1. The van der Waals surface area contributed by atoms with Crippen molar-refractivity contribution < 1.29 is 0 Å². The molecule has 0 radical (unpaired) electrons. The molecule has 0 aromatic heterocycles. The zero-order valence-corrected chi connectivity index (χ0v) is 10.4. The summed E-state index contributed by atoms with van der Waals surface area (Å²) in [4.78, 5) is 2.45. The van der Waals surface area contributed by atoms with Crippen molar-refractivity contribution >= 4 is 17.3 Å². The maximum Gasteiger partial charge on any atom is 0.0455 e. The molecule has 1 aromatic carbocycles. The van der Waals surface area contributed by atoms with Crippen LogP contribution in [0.4, 0.5) is 5.69 Å². The molecule has 1 saturated heterocycles. The molecule has 2 atom stereocenters. The van der Waals surface area contributed by atoms with Gasteiger partial charge in [0.05, 0.1) is 0 Å². The fourth-order valence-electron chi connectivity index (χ4n) is 2.22. The molecule has 1 nitrogen and oxygen atoms in total. The highest BCUT2D eigenvalue weighted by Gasteiger charge is 2.27. The zero-order chi connectivity index (χ0) is 11.0. The quantitative estimate of drug-likeness (QED) is 0.699. The molecule has 0 bridgehead atoms. The normalized spacial score (nSPS) is 26.0. The standard InChI is InChI=1S/C13H18ClN/c1-9-6-7-15(11(9)3)12-5-4-10(2)13(14)8-12/h4-5,8-9,11H,6-7H2,1-3H3/t9?,11-/m0/s1. The third-order valence-corrected chi connectivity index (χ3v) is 4.03. The molecule has 82 valence electrons. The number of aryl methyl sites for hydroxylation is 1. The van der Waals surface area contributed by atoms with Crippen molar-refractivity contribution in [2.75, 3.05) is 11.4 Å². The molecule has 15 heavy (non-hydrogen) atoms. The Morgan fingerprint density at radius 3 is 2.60 bits per heavy atom. The second-order valence-corrected chi connectivity index (χ2v) is 5.04. The number of rotatable bonds is 1. The smallest absolute Gasteiger partial charge is 0.0455 e. The topological polar surface area (TPSA) is 3.24 Å². The summed E-state index contributed by atoms with van der Waals surface area (Å²) < 4.78 is 0. The monoisotopic (exact) mass is 223 g/mol. The van der Waals surface area contributed by atoms with E-state index >= 15 is 0 Å². The van der Waals surface area contributed by atoms with E-state index in [0.29, 0.717) is 6.04 Å². The maximum absolute atomic E-state index is 6.15. The van der Waals surface area contributed by atoms with E-state index in [1.807, 2.05) is 6.92 Å². The molecule has 0 spiro atoms. The van der Waals surface area contributed by atoms with Crippen LogP contribution in [0.15, 0.2) is 18.2 Å². The van der Waals surface area contributed by atoms with Crippen LogP contribution in [0.5, 0.6) is 0 Å². The van der Waals surface area contributed by atoms with Gasteiger partial charge in [0.2, 0.25) is 0 Å². The largest absolute Gasteiger partial charge is 0.369 e. The van der Waals surface area contributed by atoms with E-state index in [-0.39, 0.29) is 0 Å². The van der Waals surface area contributed by atoms with Gasteiger partial charge in [-0.1, -0.05) is 24.6 Å². The van der Waals surface area contributed by atoms with Gasteiger partial charge in [-0.15, -0.1) is 0 Å². The Morgan fingerprint density at radius 1 is 1.33 bits per heavy atom. The van der Waals surface area contributed by atoms with Crippen molar-refractivity contribution in [1.82, 2.24) is 0 Å². The predicted octanol–water partition coefficient (Wildman–Crippen LogP) is 3.88. The van der Waals surface area contributed by atoms with Crippen molar-refractivity contribution in [2.45, 2.75) is 33.2 Å². The molecule has 1 aliphatic heterocycles. The Hall–Kier alpha value is -0.690. The van der Waals surface area contributed by atoms with Crippen LogP contribution in [0, 0.1) is 12.8 Å². The Morgan fingerprint density at radius 2 is 2.07 bits per heavy atom. The number of anilines is 1. The van der Waals surface area contributed by atoms with Gasteiger partial charge in [-0.3, -0.25) is 0 Å². The molecular weight excluding hydrogens is 206 g/mol. The highest BCUT2D eigenvalue weighted by atomic mass is 35.5. The lowest BCUT2D eigenvalue weighted by Crippen LogP contribution is -2.28. The van der Waals surface area contributed by atoms with Crippen molar-refractivity contribution in [3.63, 3.8) is 0 Å².